The van der Waals surface area contributed by atoms with Crippen LogP contribution in [0.4, 0.5) is 0 Å². The quantitative estimate of drug-likeness (QED) is 0.833. The van der Waals surface area contributed by atoms with Crippen molar-refractivity contribution in [2.75, 3.05) is 20.1 Å². The number of hydrogen-bond acceptors (Lipinski definition) is 4. The maximum absolute atomic E-state index is 12.8. The van der Waals surface area contributed by atoms with Crippen molar-refractivity contribution >= 4 is 23.2 Å². The van der Waals surface area contributed by atoms with Gasteiger partial charge in [0.25, 0.3) is 5.91 Å². The Kier molecular flexibility index (Phi) is 4.31. The third-order valence-electron chi connectivity index (χ3n) is 5.72. The van der Waals surface area contributed by atoms with Gasteiger partial charge in [-0.15, -0.1) is 11.3 Å². The SMILES string of the molecule is Cc1ccsc1C(=O)N1CC[C@]2(C[C@@H]2C(=O)N(C)Cc2ccccn2)C1. The number of carbonyl (C=O) groups is 2. The van der Waals surface area contributed by atoms with E-state index in [4.69, 9.17) is 0 Å². The van der Waals surface area contributed by atoms with Gasteiger partial charge in [-0.05, 0) is 48.9 Å². The van der Waals surface area contributed by atoms with Gasteiger partial charge in [-0.3, -0.25) is 14.6 Å². The molecular weight excluding hydrogens is 346 g/mol. The van der Waals surface area contributed by atoms with Gasteiger partial charge in [0.1, 0.15) is 0 Å². The van der Waals surface area contributed by atoms with Crippen LogP contribution in [0.15, 0.2) is 35.8 Å². The van der Waals surface area contributed by atoms with E-state index < -0.39 is 0 Å². The number of nitrogens with zero attached hydrogens (tertiary/aromatic N) is 3. The van der Waals surface area contributed by atoms with Crippen molar-refractivity contribution in [1.29, 1.82) is 0 Å². The molecule has 1 aliphatic carbocycles. The van der Waals surface area contributed by atoms with Crippen molar-refractivity contribution in [3.8, 4) is 0 Å². The molecule has 2 aromatic rings. The molecule has 6 heteroatoms. The molecular formula is C20H23N3O2S. The zero-order chi connectivity index (χ0) is 18.3. The molecule has 1 spiro atoms. The topological polar surface area (TPSA) is 53.5 Å². The van der Waals surface area contributed by atoms with E-state index in [1.165, 1.54) is 11.3 Å². The van der Waals surface area contributed by atoms with Gasteiger partial charge in [0.05, 0.1) is 17.1 Å². The minimum absolute atomic E-state index is 0.00369. The van der Waals surface area contributed by atoms with Crippen molar-refractivity contribution in [2.45, 2.75) is 26.3 Å². The Hall–Kier alpha value is -2.21. The second-order valence-electron chi connectivity index (χ2n) is 7.54. The van der Waals surface area contributed by atoms with Crippen LogP contribution in [0.3, 0.4) is 0 Å². The lowest BCUT2D eigenvalue weighted by Gasteiger charge is -2.19. The van der Waals surface area contributed by atoms with Gasteiger partial charge < -0.3 is 9.80 Å². The molecule has 2 atom stereocenters. The molecule has 136 valence electrons. The molecule has 3 heterocycles. The lowest BCUT2D eigenvalue weighted by Crippen LogP contribution is -2.32. The third kappa shape index (κ3) is 3.03. The average Bonchev–Trinajstić information content (AvgIpc) is 2.94. The first-order valence-electron chi connectivity index (χ1n) is 8.98. The van der Waals surface area contributed by atoms with Crippen molar-refractivity contribution < 1.29 is 9.59 Å². The van der Waals surface area contributed by atoms with E-state index in [0.717, 1.165) is 35.5 Å². The number of aryl methyl sites for hydroxylation is 1. The van der Waals surface area contributed by atoms with Gasteiger partial charge in [0.15, 0.2) is 0 Å². The first-order valence-corrected chi connectivity index (χ1v) is 9.86. The molecule has 0 unspecified atom stereocenters. The van der Waals surface area contributed by atoms with E-state index in [1.54, 1.807) is 11.1 Å². The Bertz CT molecular complexity index is 835. The smallest absolute Gasteiger partial charge is 0.264 e. The number of thiophene rings is 1. The predicted molar refractivity (Wildman–Crippen MR) is 101 cm³/mol. The van der Waals surface area contributed by atoms with Crippen LogP contribution in [0, 0.1) is 18.3 Å². The van der Waals surface area contributed by atoms with Crippen LogP contribution in [0.5, 0.6) is 0 Å². The number of aromatic nitrogens is 1. The van der Waals surface area contributed by atoms with Crippen molar-refractivity contribution in [3.63, 3.8) is 0 Å². The van der Waals surface area contributed by atoms with Crippen LogP contribution < -0.4 is 0 Å². The molecule has 0 aromatic carbocycles. The zero-order valence-electron chi connectivity index (χ0n) is 15.1. The number of likely N-dealkylation sites (tertiary alicyclic amines) is 1. The van der Waals surface area contributed by atoms with Gasteiger partial charge in [-0.2, -0.15) is 0 Å². The fourth-order valence-corrected chi connectivity index (χ4v) is 4.92. The Morgan fingerprint density at radius 3 is 2.92 bits per heavy atom. The maximum atomic E-state index is 12.8. The number of rotatable bonds is 4. The first-order chi connectivity index (χ1) is 12.5. The molecule has 2 aliphatic rings. The van der Waals surface area contributed by atoms with E-state index in [2.05, 4.69) is 4.98 Å². The van der Waals surface area contributed by atoms with Gasteiger partial charge in [-0.25, -0.2) is 0 Å². The van der Waals surface area contributed by atoms with Crippen LogP contribution >= 0.6 is 11.3 Å². The Morgan fingerprint density at radius 1 is 1.38 bits per heavy atom. The van der Waals surface area contributed by atoms with Crippen LogP contribution in [-0.4, -0.2) is 46.7 Å². The van der Waals surface area contributed by atoms with E-state index in [9.17, 15) is 9.59 Å². The summed E-state index contributed by atoms with van der Waals surface area (Å²) in [6.45, 7) is 3.97. The highest BCUT2D eigenvalue weighted by Crippen LogP contribution is 2.59. The highest BCUT2D eigenvalue weighted by atomic mass is 32.1. The minimum Gasteiger partial charge on any atom is -0.340 e. The summed E-state index contributed by atoms with van der Waals surface area (Å²) in [5.41, 5.74) is 1.94. The monoisotopic (exact) mass is 369 g/mol. The van der Waals surface area contributed by atoms with Gasteiger partial charge in [-0.1, -0.05) is 6.07 Å². The van der Waals surface area contributed by atoms with E-state index >= 15 is 0 Å². The fourth-order valence-electron chi connectivity index (χ4n) is 4.03. The lowest BCUT2D eigenvalue weighted by atomic mass is 10.0. The summed E-state index contributed by atoms with van der Waals surface area (Å²) in [7, 11) is 1.84. The Labute approximate surface area is 157 Å². The third-order valence-corrected chi connectivity index (χ3v) is 6.72. The highest BCUT2D eigenvalue weighted by Gasteiger charge is 2.62. The van der Waals surface area contributed by atoms with Crippen molar-refractivity contribution in [3.05, 3.63) is 52.0 Å². The van der Waals surface area contributed by atoms with Gasteiger partial charge >= 0.3 is 0 Å². The minimum atomic E-state index is -0.00369. The van der Waals surface area contributed by atoms with Crippen LogP contribution in [0.1, 0.15) is 33.8 Å². The molecule has 4 rings (SSSR count). The average molecular weight is 369 g/mol. The van der Waals surface area contributed by atoms with Crippen molar-refractivity contribution in [1.82, 2.24) is 14.8 Å². The summed E-state index contributed by atoms with van der Waals surface area (Å²) in [6.07, 6.45) is 3.57. The standard InChI is InChI=1S/C20H23N3O2S/c1-14-6-10-26-17(14)19(25)23-9-7-20(13-23)11-16(20)18(24)22(2)12-15-5-3-4-8-21-15/h3-6,8,10,16H,7,9,11-13H2,1-2H3/t16-,20+/m1/s1. The predicted octanol–water partition coefficient (Wildman–Crippen LogP) is 2.96. The molecule has 1 saturated heterocycles. The van der Waals surface area contributed by atoms with Crippen LogP contribution in [0.25, 0.3) is 0 Å². The second kappa shape index (κ2) is 6.50. The number of amides is 2. The summed E-state index contributed by atoms with van der Waals surface area (Å²) in [4.78, 5) is 34.4. The molecule has 2 aromatic heterocycles. The summed E-state index contributed by atoms with van der Waals surface area (Å²) < 4.78 is 0. The van der Waals surface area contributed by atoms with E-state index in [0.29, 0.717) is 13.1 Å². The summed E-state index contributed by atoms with van der Waals surface area (Å²) in [5.74, 6) is 0.338. The van der Waals surface area contributed by atoms with E-state index in [-0.39, 0.29) is 23.1 Å². The zero-order valence-corrected chi connectivity index (χ0v) is 16.0. The van der Waals surface area contributed by atoms with Crippen LogP contribution in [-0.2, 0) is 11.3 Å². The van der Waals surface area contributed by atoms with Gasteiger partial charge in [0, 0.05) is 37.7 Å². The molecule has 2 amide bonds. The number of carbonyl (C=O) groups excluding carboxylic acids is 2. The Morgan fingerprint density at radius 2 is 2.23 bits per heavy atom. The molecule has 0 bridgehead atoms. The lowest BCUT2D eigenvalue weighted by molar-refractivity contribution is -0.132. The molecule has 1 saturated carbocycles. The molecule has 2 fully saturated rings. The maximum Gasteiger partial charge on any atom is 0.264 e. The summed E-state index contributed by atoms with van der Waals surface area (Å²) in [6, 6.07) is 7.73. The van der Waals surface area contributed by atoms with E-state index in [1.807, 2.05) is 48.5 Å². The molecule has 5 nitrogen and oxygen atoms in total. The Balaban J connectivity index is 1.38. The molecule has 26 heavy (non-hydrogen) atoms. The molecule has 0 radical (unpaired) electrons. The highest BCUT2D eigenvalue weighted by molar-refractivity contribution is 7.12. The number of hydrogen-bond donors (Lipinski definition) is 0. The first kappa shape index (κ1) is 17.2. The summed E-state index contributed by atoms with van der Waals surface area (Å²) in [5, 5.41) is 1.96. The molecule has 1 aliphatic heterocycles. The second-order valence-corrected chi connectivity index (χ2v) is 8.46. The normalized spacial score (nSPS) is 24.1. The van der Waals surface area contributed by atoms with Gasteiger partial charge in [0.2, 0.25) is 5.91 Å². The number of pyridine rings is 1. The van der Waals surface area contributed by atoms with Crippen LogP contribution in [0.2, 0.25) is 0 Å². The molecule has 0 N–H and O–H groups in total. The van der Waals surface area contributed by atoms with Crippen molar-refractivity contribution in [2.24, 2.45) is 11.3 Å². The fraction of sp³-hybridized carbons (Fsp3) is 0.450. The summed E-state index contributed by atoms with van der Waals surface area (Å²) >= 11 is 1.50. The largest absolute Gasteiger partial charge is 0.340 e.